The van der Waals surface area contributed by atoms with Crippen LogP contribution in [0.15, 0.2) is 4.52 Å². The topological polar surface area (TPSA) is 54.2 Å². The Morgan fingerprint density at radius 1 is 1.24 bits per heavy atom. The summed E-state index contributed by atoms with van der Waals surface area (Å²) in [5, 5.41) is 7.79. The molecule has 3 heterocycles. The van der Waals surface area contributed by atoms with E-state index in [0.29, 0.717) is 0 Å². The summed E-state index contributed by atoms with van der Waals surface area (Å²) >= 11 is 0. The SMILES string of the molecule is CC(C)(C)c1nc(CN2CCC(C3CCCN3)CC2)no1. The highest BCUT2D eigenvalue weighted by molar-refractivity contribution is 4.98. The van der Waals surface area contributed by atoms with Crippen LogP contribution in [0.5, 0.6) is 0 Å². The molecule has 2 saturated heterocycles. The molecule has 3 rings (SSSR count). The molecule has 0 bridgehead atoms. The highest BCUT2D eigenvalue weighted by atomic mass is 16.5. The standard InChI is InChI=1S/C16H28N4O/c1-16(2,3)15-18-14(19-21-15)11-20-9-6-12(7-10-20)13-5-4-8-17-13/h12-13,17H,4-11H2,1-3H3. The molecule has 1 aromatic heterocycles. The molecule has 21 heavy (non-hydrogen) atoms. The van der Waals surface area contributed by atoms with E-state index in [1.807, 2.05) is 0 Å². The molecule has 0 spiro atoms. The van der Waals surface area contributed by atoms with Gasteiger partial charge >= 0.3 is 0 Å². The first-order chi connectivity index (χ1) is 10.0. The fourth-order valence-electron chi connectivity index (χ4n) is 3.45. The normalized spacial score (nSPS) is 25.6. The zero-order valence-electron chi connectivity index (χ0n) is 13.6. The van der Waals surface area contributed by atoms with Crippen molar-refractivity contribution < 1.29 is 4.52 Å². The van der Waals surface area contributed by atoms with Gasteiger partial charge in [0.2, 0.25) is 5.89 Å². The van der Waals surface area contributed by atoms with Crippen LogP contribution in [-0.2, 0) is 12.0 Å². The van der Waals surface area contributed by atoms with Crippen LogP contribution in [-0.4, -0.2) is 40.7 Å². The Labute approximate surface area is 127 Å². The monoisotopic (exact) mass is 292 g/mol. The van der Waals surface area contributed by atoms with Gasteiger partial charge in [-0.2, -0.15) is 4.98 Å². The molecular formula is C16H28N4O. The second-order valence-corrected chi connectivity index (χ2v) is 7.58. The largest absolute Gasteiger partial charge is 0.339 e. The molecule has 5 nitrogen and oxygen atoms in total. The maximum Gasteiger partial charge on any atom is 0.232 e. The van der Waals surface area contributed by atoms with Crippen LogP contribution in [0.1, 0.15) is 58.2 Å². The fraction of sp³-hybridized carbons (Fsp3) is 0.875. The molecule has 0 radical (unpaired) electrons. The van der Waals surface area contributed by atoms with E-state index in [-0.39, 0.29) is 5.41 Å². The summed E-state index contributed by atoms with van der Waals surface area (Å²) in [6, 6.07) is 0.768. The molecule has 1 unspecified atom stereocenters. The fourth-order valence-corrected chi connectivity index (χ4v) is 3.45. The Bertz CT molecular complexity index is 451. The Balaban J connectivity index is 1.50. The lowest BCUT2D eigenvalue weighted by molar-refractivity contribution is 0.153. The van der Waals surface area contributed by atoms with Gasteiger partial charge in [-0.3, -0.25) is 4.90 Å². The zero-order valence-corrected chi connectivity index (χ0v) is 13.6. The molecule has 0 saturated carbocycles. The molecule has 5 heteroatoms. The van der Waals surface area contributed by atoms with E-state index in [1.165, 1.54) is 32.2 Å². The van der Waals surface area contributed by atoms with E-state index in [0.717, 1.165) is 43.3 Å². The summed E-state index contributed by atoms with van der Waals surface area (Å²) < 4.78 is 5.38. The first kappa shape index (κ1) is 15.0. The number of piperidine rings is 1. The van der Waals surface area contributed by atoms with Gasteiger partial charge in [0.25, 0.3) is 0 Å². The van der Waals surface area contributed by atoms with E-state index in [2.05, 4.69) is 41.1 Å². The minimum absolute atomic E-state index is 0.0631. The van der Waals surface area contributed by atoms with Crippen LogP contribution < -0.4 is 5.32 Å². The predicted molar refractivity (Wildman–Crippen MR) is 82.0 cm³/mol. The number of rotatable bonds is 3. The summed E-state index contributed by atoms with van der Waals surface area (Å²) in [6.07, 6.45) is 5.30. The van der Waals surface area contributed by atoms with Crippen LogP contribution in [0, 0.1) is 5.92 Å². The van der Waals surface area contributed by atoms with Gasteiger partial charge in [-0.1, -0.05) is 25.9 Å². The van der Waals surface area contributed by atoms with Crippen LogP contribution in [0.3, 0.4) is 0 Å². The van der Waals surface area contributed by atoms with Gasteiger partial charge in [0, 0.05) is 11.5 Å². The van der Waals surface area contributed by atoms with Gasteiger partial charge < -0.3 is 9.84 Å². The molecule has 2 aliphatic heterocycles. The highest BCUT2D eigenvalue weighted by Gasteiger charge is 2.29. The third-order valence-corrected chi connectivity index (χ3v) is 4.77. The van der Waals surface area contributed by atoms with Crippen LogP contribution >= 0.6 is 0 Å². The predicted octanol–water partition coefficient (Wildman–Crippen LogP) is 2.33. The van der Waals surface area contributed by atoms with Crippen molar-refractivity contribution in [3.8, 4) is 0 Å². The lowest BCUT2D eigenvalue weighted by Gasteiger charge is -2.34. The van der Waals surface area contributed by atoms with Gasteiger partial charge in [0.15, 0.2) is 5.82 Å². The minimum atomic E-state index is -0.0631. The van der Waals surface area contributed by atoms with E-state index in [4.69, 9.17) is 4.52 Å². The molecule has 1 aromatic rings. The summed E-state index contributed by atoms with van der Waals surface area (Å²) in [5.41, 5.74) is -0.0631. The van der Waals surface area contributed by atoms with E-state index in [1.54, 1.807) is 0 Å². The summed E-state index contributed by atoms with van der Waals surface area (Å²) in [5.74, 6) is 2.43. The average Bonchev–Trinajstić information content (AvgIpc) is 3.09. The Morgan fingerprint density at radius 3 is 2.57 bits per heavy atom. The zero-order chi connectivity index (χ0) is 14.9. The molecule has 2 aliphatic rings. The molecule has 1 atom stereocenters. The van der Waals surface area contributed by atoms with Crippen LogP contribution in [0.25, 0.3) is 0 Å². The first-order valence-corrected chi connectivity index (χ1v) is 8.31. The van der Waals surface area contributed by atoms with E-state index in [9.17, 15) is 0 Å². The molecule has 1 N–H and O–H groups in total. The van der Waals surface area contributed by atoms with Crippen LogP contribution in [0.4, 0.5) is 0 Å². The molecule has 0 aromatic carbocycles. The third-order valence-electron chi connectivity index (χ3n) is 4.77. The van der Waals surface area contributed by atoms with E-state index < -0.39 is 0 Å². The third kappa shape index (κ3) is 3.64. The van der Waals surface area contributed by atoms with Gasteiger partial charge in [-0.25, -0.2) is 0 Å². The van der Waals surface area contributed by atoms with Crippen molar-refractivity contribution in [3.63, 3.8) is 0 Å². The quantitative estimate of drug-likeness (QED) is 0.926. The van der Waals surface area contributed by atoms with Crippen molar-refractivity contribution in [3.05, 3.63) is 11.7 Å². The summed E-state index contributed by atoms with van der Waals surface area (Å²) in [4.78, 5) is 7.00. The van der Waals surface area contributed by atoms with Gasteiger partial charge in [-0.05, 0) is 51.2 Å². The van der Waals surface area contributed by atoms with Gasteiger partial charge in [0.05, 0.1) is 6.54 Å². The van der Waals surface area contributed by atoms with Crippen molar-refractivity contribution in [2.75, 3.05) is 19.6 Å². The number of hydrogen-bond donors (Lipinski definition) is 1. The van der Waals surface area contributed by atoms with E-state index >= 15 is 0 Å². The Morgan fingerprint density at radius 2 is 2.00 bits per heavy atom. The van der Waals surface area contributed by atoms with Crippen molar-refractivity contribution in [1.82, 2.24) is 20.4 Å². The maximum atomic E-state index is 5.38. The Kier molecular flexibility index (Phi) is 4.31. The number of nitrogens with one attached hydrogen (secondary N) is 1. The van der Waals surface area contributed by atoms with Gasteiger partial charge in [-0.15, -0.1) is 0 Å². The number of aromatic nitrogens is 2. The molecule has 118 valence electrons. The number of likely N-dealkylation sites (tertiary alicyclic amines) is 1. The minimum Gasteiger partial charge on any atom is -0.339 e. The Hall–Kier alpha value is -0.940. The summed E-state index contributed by atoms with van der Waals surface area (Å²) in [7, 11) is 0. The number of nitrogens with zero attached hydrogens (tertiary/aromatic N) is 3. The molecule has 0 amide bonds. The highest BCUT2D eigenvalue weighted by Crippen LogP contribution is 2.26. The van der Waals surface area contributed by atoms with Crippen molar-refractivity contribution >= 4 is 0 Å². The van der Waals surface area contributed by atoms with Crippen molar-refractivity contribution in [2.24, 2.45) is 5.92 Å². The first-order valence-electron chi connectivity index (χ1n) is 8.31. The number of hydrogen-bond acceptors (Lipinski definition) is 5. The van der Waals surface area contributed by atoms with Crippen molar-refractivity contribution in [2.45, 2.75) is 64.5 Å². The molecular weight excluding hydrogens is 264 g/mol. The molecule has 0 aliphatic carbocycles. The van der Waals surface area contributed by atoms with Crippen molar-refractivity contribution in [1.29, 1.82) is 0 Å². The molecule has 2 fully saturated rings. The lowest BCUT2D eigenvalue weighted by Crippen LogP contribution is -2.40. The van der Waals surface area contributed by atoms with Crippen LogP contribution in [0.2, 0.25) is 0 Å². The smallest absolute Gasteiger partial charge is 0.232 e. The van der Waals surface area contributed by atoms with Gasteiger partial charge in [0.1, 0.15) is 0 Å². The summed E-state index contributed by atoms with van der Waals surface area (Å²) in [6.45, 7) is 10.7. The second-order valence-electron chi connectivity index (χ2n) is 7.58. The second kappa shape index (κ2) is 6.05. The maximum absolute atomic E-state index is 5.38. The average molecular weight is 292 g/mol. The lowest BCUT2D eigenvalue weighted by atomic mass is 9.88.